The normalized spacial score (nSPS) is 16.0. The number of hydrogen-bond acceptors (Lipinski definition) is 4. The van der Waals surface area contributed by atoms with Crippen LogP contribution in [0.2, 0.25) is 0 Å². The number of aromatic carboxylic acids is 1. The molecule has 0 spiro atoms. The minimum Gasteiger partial charge on any atom is -0.478 e. The molecular formula is C16H18FN3O4S. The molecule has 1 aromatic heterocycles. The van der Waals surface area contributed by atoms with Crippen molar-refractivity contribution >= 4 is 16.0 Å². The fourth-order valence-electron chi connectivity index (χ4n) is 2.85. The van der Waals surface area contributed by atoms with Gasteiger partial charge in [-0.2, -0.15) is 9.40 Å². The summed E-state index contributed by atoms with van der Waals surface area (Å²) in [6, 6.07) is 6.00. The Bertz CT molecular complexity index is 889. The number of hydrogen-bond donors (Lipinski definition) is 1. The molecule has 1 aliphatic heterocycles. The van der Waals surface area contributed by atoms with E-state index in [1.54, 1.807) is 6.07 Å². The van der Waals surface area contributed by atoms with Gasteiger partial charge in [-0.3, -0.25) is 4.68 Å². The van der Waals surface area contributed by atoms with Crippen LogP contribution in [-0.2, 0) is 16.6 Å². The lowest BCUT2D eigenvalue weighted by Gasteiger charge is -2.25. The van der Waals surface area contributed by atoms with E-state index in [0.29, 0.717) is 18.7 Å². The van der Waals surface area contributed by atoms with E-state index >= 15 is 0 Å². The monoisotopic (exact) mass is 367 g/mol. The number of carbonyl (C=O) groups is 1. The molecule has 7 nitrogen and oxygen atoms in total. The van der Waals surface area contributed by atoms with Crippen molar-refractivity contribution in [1.82, 2.24) is 14.1 Å². The fourth-order valence-corrected chi connectivity index (χ4v) is 4.46. The Hall–Kier alpha value is -2.26. The van der Waals surface area contributed by atoms with E-state index in [1.807, 2.05) is 0 Å². The number of aromatic nitrogens is 2. The van der Waals surface area contributed by atoms with Crippen molar-refractivity contribution < 1.29 is 22.7 Å². The van der Waals surface area contributed by atoms with E-state index in [4.69, 9.17) is 0 Å². The van der Waals surface area contributed by atoms with Gasteiger partial charge in [-0.15, -0.1) is 0 Å². The Labute approximate surface area is 144 Å². The molecule has 3 rings (SSSR count). The van der Waals surface area contributed by atoms with Crippen molar-refractivity contribution in [2.75, 3.05) is 13.1 Å². The molecule has 0 unspecified atom stereocenters. The molecule has 2 heterocycles. The molecule has 0 bridgehead atoms. The van der Waals surface area contributed by atoms with Crippen LogP contribution < -0.4 is 0 Å². The van der Waals surface area contributed by atoms with E-state index in [9.17, 15) is 22.7 Å². The number of benzene rings is 1. The first-order chi connectivity index (χ1) is 11.9. The first kappa shape index (κ1) is 17.6. The van der Waals surface area contributed by atoms with Gasteiger partial charge in [0.05, 0.1) is 6.54 Å². The van der Waals surface area contributed by atoms with Crippen molar-refractivity contribution in [2.45, 2.75) is 30.8 Å². The Morgan fingerprint density at radius 3 is 2.52 bits per heavy atom. The molecule has 9 heteroatoms. The van der Waals surface area contributed by atoms with Gasteiger partial charge in [0.15, 0.2) is 0 Å². The lowest BCUT2D eigenvalue weighted by atomic mass is 10.2. The second-order valence-corrected chi connectivity index (χ2v) is 7.76. The number of sulfonamides is 1. The number of nitrogens with zero attached hydrogens (tertiary/aromatic N) is 3. The highest BCUT2D eigenvalue weighted by Crippen LogP contribution is 2.23. The van der Waals surface area contributed by atoms with Gasteiger partial charge in [0.2, 0.25) is 5.03 Å². The first-order valence-corrected chi connectivity index (χ1v) is 9.38. The highest BCUT2D eigenvalue weighted by atomic mass is 32.2. The first-order valence-electron chi connectivity index (χ1n) is 7.94. The van der Waals surface area contributed by atoms with E-state index in [1.165, 1.54) is 22.5 Å². The van der Waals surface area contributed by atoms with Crippen molar-refractivity contribution in [3.05, 3.63) is 47.4 Å². The zero-order chi connectivity index (χ0) is 18.0. The van der Waals surface area contributed by atoms with Crippen LogP contribution in [0.1, 0.15) is 35.2 Å². The number of carboxylic acid groups (broad SMARTS) is 1. The molecule has 0 atom stereocenters. The summed E-state index contributed by atoms with van der Waals surface area (Å²) >= 11 is 0. The predicted octanol–water partition coefficient (Wildman–Crippen LogP) is 1.94. The van der Waals surface area contributed by atoms with Gasteiger partial charge >= 0.3 is 5.97 Å². The van der Waals surface area contributed by atoms with Crippen LogP contribution in [-0.4, -0.2) is 46.7 Å². The molecule has 0 radical (unpaired) electrons. The van der Waals surface area contributed by atoms with Crippen LogP contribution in [0.25, 0.3) is 0 Å². The van der Waals surface area contributed by atoms with Crippen LogP contribution in [0.15, 0.2) is 35.5 Å². The summed E-state index contributed by atoms with van der Waals surface area (Å²) in [4.78, 5) is 11.5. The summed E-state index contributed by atoms with van der Waals surface area (Å²) in [7, 11) is -3.99. The minimum absolute atomic E-state index is 0.0531. The van der Waals surface area contributed by atoms with Crippen LogP contribution in [0, 0.1) is 5.82 Å². The van der Waals surface area contributed by atoms with Gasteiger partial charge in [0.1, 0.15) is 11.4 Å². The van der Waals surface area contributed by atoms with Crippen LogP contribution in [0.3, 0.4) is 0 Å². The summed E-state index contributed by atoms with van der Waals surface area (Å²) in [5.74, 6) is -1.84. The smallest absolute Gasteiger partial charge is 0.340 e. The highest BCUT2D eigenvalue weighted by Gasteiger charge is 2.33. The molecule has 0 amide bonds. The van der Waals surface area contributed by atoms with Gasteiger partial charge in [0.25, 0.3) is 10.0 Å². The Balaban J connectivity index is 1.98. The molecule has 0 aliphatic carbocycles. The molecule has 1 saturated heterocycles. The number of carboxylic acids is 1. The van der Waals surface area contributed by atoms with Crippen molar-refractivity contribution in [3.63, 3.8) is 0 Å². The third kappa shape index (κ3) is 3.57. The molecule has 134 valence electrons. The van der Waals surface area contributed by atoms with Gasteiger partial charge in [-0.1, -0.05) is 24.6 Å². The molecule has 1 fully saturated rings. The topological polar surface area (TPSA) is 92.5 Å². The molecule has 0 saturated carbocycles. The maximum atomic E-state index is 13.8. The fraction of sp³-hybridized carbons (Fsp3) is 0.375. The van der Waals surface area contributed by atoms with Crippen molar-refractivity contribution in [2.24, 2.45) is 0 Å². The Kier molecular flexibility index (Phi) is 4.87. The quantitative estimate of drug-likeness (QED) is 0.872. The van der Waals surface area contributed by atoms with Gasteiger partial charge < -0.3 is 5.11 Å². The summed E-state index contributed by atoms with van der Waals surface area (Å²) in [6.07, 6.45) is 3.54. The predicted molar refractivity (Wildman–Crippen MR) is 87.3 cm³/mol. The zero-order valence-electron chi connectivity index (χ0n) is 13.4. The Morgan fingerprint density at radius 1 is 1.20 bits per heavy atom. The lowest BCUT2D eigenvalue weighted by Crippen LogP contribution is -2.36. The third-order valence-corrected chi connectivity index (χ3v) is 5.98. The average Bonchev–Trinajstić information content (AvgIpc) is 3.03. The van der Waals surface area contributed by atoms with E-state index < -0.39 is 32.4 Å². The second kappa shape index (κ2) is 6.93. The standard InChI is InChI=1S/C16H18FN3O4S/c17-14-7-3-2-6-12(14)10-19-11-13(16(21)22)15(18-19)25(23,24)20-8-4-1-5-9-20/h2-3,6-7,11H,1,4-5,8-10H2,(H,21,22). The number of halogens is 1. The van der Waals surface area contributed by atoms with Gasteiger partial charge in [-0.05, 0) is 18.9 Å². The number of piperidine rings is 1. The van der Waals surface area contributed by atoms with E-state index in [-0.39, 0.29) is 6.54 Å². The maximum Gasteiger partial charge on any atom is 0.340 e. The summed E-state index contributed by atoms with van der Waals surface area (Å²) in [5.41, 5.74) is -0.106. The zero-order valence-corrected chi connectivity index (χ0v) is 14.2. The molecule has 25 heavy (non-hydrogen) atoms. The van der Waals surface area contributed by atoms with E-state index in [0.717, 1.165) is 30.1 Å². The van der Waals surface area contributed by atoms with Crippen LogP contribution in [0.5, 0.6) is 0 Å². The summed E-state index contributed by atoms with van der Waals surface area (Å²) < 4.78 is 41.7. The summed E-state index contributed by atoms with van der Waals surface area (Å²) in [5, 5.41) is 12.8. The van der Waals surface area contributed by atoms with Gasteiger partial charge in [0, 0.05) is 24.8 Å². The van der Waals surface area contributed by atoms with Crippen LogP contribution in [0.4, 0.5) is 4.39 Å². The number of rotatable bonds is 5. The maximum absolute atomic E-state index is 13.8. The molecule has 1 aliphatic rings. The molecular weight excluding hydrogens is 349 g/mol. The second-order valence-electron chi connectivity index (χ2n) is 5.91. The summed E-state index contributed by atoms with van der Waals surface area (Å²) in [6.45, 7) is 0.644. The van der Waals surface area contributed by atoms with Gasteiger partial charge in [-0.25, -0.2) is 17.6 Å². The minimum atomic E-state index is -3.99. The van der Waals surface area contributed by atoms with Crippen LogP contribution >= 0.6 is 0 Å². The third-order valence-electron chi connectivity index (χ3n) is 4.15. The Morgan fingerprint density at radius 2 is 1.88 bits per heavy atom. The van der Waals surface area contributed by atoms with E-state index in [2.05, 4.69) is 5.10 Å². The highest BCUT2D eigenvalue weighted by molar-refractivity contribution is 7.89. The lowest BCUT2D eigenvalue weighted by molar-refractivity contribution is 0.0692. The molecule has 1 aromatic carbocycles. The van der Waals surface area contributed by atoms with Crippen molar-refractivity contribution in [1.29, 1.82) is 0 Å². The SMILES string of the molecule is O=C(O)c1cn(Cc2ccccc2F)nc1S(=O)(=O)N1CCCCC1. The molecule has 1 N–H and O–H groups in total. The largest absolute Gasteiger partial charge is 0.478 e. The van der Waals surface area contributed by atoms with Crippen molar-refractivity contribution in [3.8, 4) is 0 Å². The molecule has 2 aromatic rings. The average molecular weight is 367 g/mol.